The van der Waals surface area contributed by atoms with E-state index in [9.17, 15) is 9.90 Å². The smallest absolute Gasteiger partial charge is 0.270 e. The number of carbonyl (C=O) groups excluding carboxylic acids is 1. The number of nitrogens with two attached hydrogens (primary N) is 1. The summed E-state index contributed by atoms with van der Waals surface area (Å²) in [5, 5.41) is 12.8. The highest BCUT2D eigenvalue weighted by Crippen LogP contribution is 2.23. The van der Waals surface area contributed by atoms with E-state index in [2.05, 4.69) is 20.2 Å². The van der Waals surface area contributed by atoms with Crippen LogP contribution in [0.15, 0.2) is 24.3 Å². The Balaban J connectivity index is 1.43. The van der Waals surface area contributed by atoms with Crippen molar-refractivity contribution in [1.29, 1.82) is 0 Å². The molecule has 1 unspecified atom stereocenters. The minimum atomic E-state index is -0.142. The molecule has 7 heteroatoms. The molecule has 7 nitrogen and oxygen atoms in total. The van der Waals surface area contributed by atoms with E-state index in [4.69, 9.17) is 5.73 Å². The highest BCUT2D eigenvalue weighted by Gasteiger charge is 2.26. The number of likely N-dealkylation sites (tertiary alicyclic amines) is 1. The minimum absolute atomic E-state index is 0.0778. The molecule has 1 amide bonds. The van der Waals surface area contributed by atoms with Gasteiger partial charge in [-0.05, 0) is 62.8 Å². The van der Waals surface area contributed by atoms with Crippen LogP contribution in [0.25, 0.3) is 0 Å². The third-order valence-corrected chi connectivity index (χ3v) is 5.57. The second-order valence-corrected chi connectivity index (χ2v) is 7.78. The number of fused-ring (bicyclic) bond motifs is 1. The summed E-state index contributed by atoms with van der Waals surface area (Å²) in [5.41, 5.74) is 9.26. The predicted molar refractivity (Wildman–Crippen MR) is 107 cm³/mol. The quantitative estimate of drug-likeness (QED) is 0.749. The Bertz CT molecular complexity index is 870. The van der Waals surface area contributed by atoms with Crippen molar-refractivity contribution in [2.45, 2.75) is 51.1 Å². The predicted octanol–water partition coefficient (Wildman–Crippen LogP) is 2.04. The van der Waals surface area contributed by atoms with Gasteiger partial charge in [-0.2, -0.15) is 0 Å². The van der Waals surface area contributed by atoms with Crippen molar-refractivity contribution in [3.05, 3.63) is 46.8 Å². The van der Waals surface area contributed by atoms with Crippen LogP contribution in [-0.2, 0) is 19.4 Å². The first-order valence-corrected chi connectivity index (χ1v) is 10.0. The first-order valence-electron chi connectivity index (χ1n) is 10.0. The summed E-state index contributed by atoms with van der Waals surface area (Å²) >= 11 is 0. The number of carbonyl (C=O) groups is 1. The van der Waals surface area contributed by atoms with Gasteiger partial charge in [-0.3, -0.25) is 9.69 Å². The van der Waals surface area contributed by atoms with Gasteiger partial charge in [0.05, 0.1) is 0 Å². The summed E-state index contributed by atoms with van der Waals surface area (Å²) in [6, 6.07) is 7.41. The van der Waals surface area contributed by atoms with Gasteiger partial charge in [0.1, 0.15) is 11.4 Å². The number of anilines is 1. The zero-order valence-electron chi connectivity index (χ0n) is 16.0. The van der Waals surface area contributed by atoms with Crippen LogP contribution in [0.3, 0.4) is 0 Å². The lowest BCUT2D eigenvalue weighted by molar-refractivity contribution is 0.0894. The van der Waals surface area contributed by atoms with Crippen molar-refractivity contribution in [1.82, 2.24) is 20.2 Å². The Morgan fingerprint density at radius 3 is 2.96 bits per heavy atom. The maximum absolute atomic E-state index is 12.9. The molecule has 2 heterocycles. The van der Waals surface area contributed by atoms with Crippen molar-refractivity contribution in [2.75, 3.05) is 18.8 Å². The number of hydrogen-bond acceptors (Lipinski definition) is 6. The molecule has 28 heavy (non-hydrogen) atoms. The fourth-order valence-corrected chi connectivity index (χ4v) is 4.28. The SMILES string of the molecule is Nc1nc2c(c(C(=O)NC3CCCN(Cc4cccc(O)c4)C3)n1)CCCC2. The second kappa shape index (κ2) is 8.14. The fraction of sp³-hybridized carbons (Fsp3) is 0.476. The van der Waals surface area contributed by atoms with Crippen molar-refractivity contribution >= 4 is 11.9 Å². The van der Waals surface area contributed by atoms with E-state index in [1.54, 1.807) is 12.1 Å². The first kappa shape index (κ1) is 18.7. The molecule has 2 aromatic rings. The third kappa shape index (κ3) is 4.25. The molecule has 1 fully saturated rings. The number of hydrogen-bond donors (Lipinski definition) is 3. The number of phenols is 1. The van der Waals surface area contributed by atoms with Gasteiger partial charge in [0.15, 0.2) is 0 Å². The molecule has 0 saturated carbocycles. The van der Waals surface area contributed by atoms with Gasteiger partial charge in [0.25, 0.3) is 5.91 Å². The monoisotopic (exact) mass is 381 g/mol. The number of nitrogens with zero attached hydrogens (tertiary/aromatic N) is 3. The lowest BCUT2D eigenvalue weighted by Gasteiger charge is -2.33. The number of piperidine rings is 1. The van der Waals surface area contributed by atoms with E-state index >= 15 is 0 Å². The summed E-state index contributed by atoms with van der Waals surface area (Å²) in [7, 11) is 0. The van der Waals surface area contributed by atoms with Crippen LogP contribution in [-0.4, -0.2) is 45.0 Å². The zero-order valence-corrected chi connectivity index (χ0v) is 16.0. The molecule has 0 bridgehead atoms. The number of amides is 1. The van der Waals surface area contributed by atoms with Gasteiger partial charge in [-0.15, -0.1) is 0 Å². The molecule has 1 aromatic carbocycles. The number of aromatic hydroxyl groups is 1. The Morgan fingerprint density at radius 1 is 1.25 bits per heavy atom. The van der Waals surface area contributed by atoms with E-state index in [-0.39, 0.29) is 23.6 Å². The molecule has 4 rings (SSSR count). The third-order valence-electron chi connectivity index (χ3n) is 5.57. The molecule has 1 aliphatic carbocycles. The van der Waals surface area contributed by atoms with Crippen LogP contribution in [0.2, 0.25) is 0 Å². The van der Waals surface area contributed by atoms with Gasteiger partial charge in [-0.1, -0.05) is 12.1 Å². The first-order chi connectivity index (χ1) is 13.6. The minimum Gasteiger partial charge on any atom is -0.508 e. The molecule has 1 saturated heterocycles. The Kier molecular flexibility index (Phi) is 5.43. The Labute approximate surface area is 165 Å². The average molecular weight is 381 g/mol. The maximum Gasteiger partial charge on any atom is 0.270 e. The Hall–Kier alpha value is -2.67. The van der Waals surface area contributed by atoms with Crippen molar-refractivity contribution in [3.8, 4) is 5.75 Å². The molecular weight excluding hydrogens is 354 g/mol. The summed E-state index contributed by atoms with van der Waals surface area (Å²) < 4.78 is 0. The second-order valence-electron chi connectivity index (χ2n) is 7.78. The number of phenolic OH excluding ortho intramolecular Hbond substituents is 1. The summed E-state index contributed by atoms with van der Waals surface area (Å²) in [6.45, 7) is 2.53. The van der Waals surface area contributed by atoms with Gasteiger partial charge < -0.3 is 16.2 Å². The van der Waals surface area contributed by atoms with E-state index in [0.29, 0.717) is 5.69 Å². The largest absolute Gasteiger partial charge is 0.508 e. The molecule has 148 valence electrons. The number of aryl methyl sites for hydroxylation is 1. The molecule has 0 spiro atoms. The molecule has 1 atom stereocenters. The highest BCUT2D eigenvalue weighted by atomic mass is 16.3. The normalized spacial score (nSPS) is 19.8. The van der Waals surface area contributed by atoms with Crippen LogP contribution in [0.1, 0.15) is 53.0 Å². The van der Waals surface area contributed by atoms with Gasteiger partial charge >= 0.3 is 0 Å². The van der Waals surface area contributed by atoms with Crippen LogP contribution in [0, 0.1) is 0 Å². The number of nitrogen functional groups attached to an aromatic ring is 1. The van der Waals surface area contributed by atoms with Crippen LogP contribution >= 0.6 is 0 Å². The lowest BCUT2D eigenvalue weighted by Crippen LogP contribution is -2.47. The van der Waals surface area contributed by atoms with Crippen molar-refractivity contribution in [3.63, 3.8) is 0 Å². The van der Waals surface area contributed by atoms with E-state index in [1.165, 1.54) is 0 Å². The highest BCUT2D eigenvalue weighted by molar-refractivity contribution is 5.94. The van der Waals surface area contributed by atoms with E-state index in [1.807, 2.05) is 12.1 Å². The topological polar surface area (TPSA) is 104 Å². The van der Waals surface area contributed by atoms with Gasteiger partial charge in [-0.25, -0.2) is 9.97 Å². The molecule has 1 aromatic heterocycles. The van der Waals surface area contributed by atoms with Crippen LogP contribution in [0.4, 0.5) is 5.95 Å². The maximum atomic E-state index is 12.9. The lowest BCUT2D eigenvalue weighted by atomic mass is 9.94. The number of rotatable bonds is 4. The molecule has 2 aliphatic rings. The van der Waals surface area contributed by atoms with Crippen LogP contribution in [0.5, 0.6) is 5.75 Å². The number of benzene rings is 1. The van der Waals surface area contributed by atoms with E-state index < -0.39 is 0 Å². The zero-order chi connectivity index (χ0) is 19.5. The summed E-state index contributed by atoms with van der Waals surface area (Å²) in [6.07, 6.45) is 5.81. The van der Waals surface area contributed by atoms with Gasteiger partial charge in [0, 0.05) is 30.4 Å². The van der Waals surface area contributed by atoms with Crippen molar-refractivity contribution < 1.29 is 9.90 Å². The van der Waals surface area contributed by atoms with Crippen LogP contribution < -0.4 is 11.1 Å². The standard InChI is InChI=1S/C21H27N5O2/c22-21-24-18-9-2-1-8-17(18)19(25-21)20(28)23-15-6-4-10-26(13-15)12-14-5-3-7-16(27)11-14/h3,5,7,11,15,27H,1-2,4,6,8-10,12-13H2,(H,23,28)(H2,22,24,25). The Morgan fingerprint density at radius 2 is 2.11 bits per heavy atom. The van der Waals surface area contributed by atoms with Crippen molar-refractivity contribution in [2.24, 2.45) is 0 Å². The number of nitrogens with one attached hydrogen (secondary N) is 1. The fourth-order valence-electron chi connectivity index (χ4n) is 4.28. The summed E-state index contributed by atoms with van der Waals surface area (Å²) in [5.74, 6) is 0.321. The average Bonchev–Trinajstić information content (AvgIpc) is 2.67. The van der Waals surface area contributed by atoms with E-state index in [0.717, 1.165) is 75.0 Å². The molecule has 4 N–H and O–H groups in total. The number of aromatic nitrogens is 2. The summed E-state index contributed by atoms with van der Waals surface area (Å²) in [4.78, 5) is 23.8. The van der Waals surface area contributed by atoms with Gasteiger partial charge in [0.2, 0.25) is 5.95 Å². The molecule has 0 radical (unpaired) electrons. The molecular formula is C21H27N5O2. The molecule has 1 aliphatic heterocycles.